The predicted octanol–water partition coefficient (Wildman–Crippen LogP) is 4.09. The van der Waals surface area contributed by atoms with Gasteiger partial charge in [0.05, 0.1) is 12.1 Å². The van der Waals surface area contributed by atoms with Gasteiger partial charge in [-0.3, -0.25) is 9.80 Å². The zero-order valence-corrected chi connectivity index (χ0v) is 19.4. The largest absolute Gasteiger partial charge is 0.490 e. The number of rotatable bonds is 5. The summed E-state index contributed by atoms with van der Waals surface area (Å²) < 4.78 is 69.6. The predicted molar refractivity (Wildman–Crippen MR) is 112 cm³/mol. The van der Waals surface area contributed by atoms with Crippen LogP contribution in [0.4, 0.5) is 26.3 Å². The molecule has 2 aliphatic heterocycles. The van der Waals surface area contributed by atoms with Crippen molar-refractivity contribution >= 4 is 23.3 Å². The van der Waals surface area contributed by atoms with E-state index in [4.69, 9.17) is 24.5 Å². The van der Waals surface area contributed by atoms with E-state index >= 15 is 0 Å². The number of nitrogens with zero attached hydrogens (tertiary/aromatic N) is 2. The van der Waals surface area contributed by atoms with Gasteiger partial charge in [-0.05, 0) is 48.3 Å². The Morgan fingerprint density at radius 1 is 1.12 bits per heavy atom. The maximum absolute atomic E-state index is 10.6. The average molecular weight is 523 g/mol. The van der Waals surface area contributed by atoms with Crippen molar-refractivity contribution < 1.29 is 50.9 Å². The van der Waals surface area contributed by atoms with Gasteiger partial charge in [-0.1, -0.05) is 13.8 Å². The van der Waals surface area contributed by atoms with Crippen molar-refractivity contribution in [1.29, 1.82) is 0 Å². The van der Waals surface area contributed by atoms with E-state index in [-0.39, 0.29) is 0 Å². The molecule has 2 aliphatic rings. The third-order valence-corrected chi connectivity index (χ3v) is 6.07. The Morgan fingerprint density at radius 2 is 1.65 bits per heavy atom. The van der Waals surface area contributed by atoms with Crippen molar-refractivity contribution in [2.24, 2.45) is 0 Å². The molecule has 0 aromatic carbocycles. The third kappa shape index (κ3) is 9.39. The first-order chi connectivity index (χ1) is 15.7. The number of likely N-dealkylation sites (N-methyl/N-ethyl adjacent to an activating group) is 1. The second-order valence-corrected chi connectivity index (χ2v) is 8.28. The molecule has 0 saturated carbocycles. The molecule has 3 atom stereocenters. The molecule has 2 N–H and O–H groups in total. The summed E-state index contributed by atoms with van der Waals surface area (Å²) in [7, 11) is 0. The fraction of sp³-hybridized carbons (Fsp3) is 0.700. The number of halogens is 6. The molecule has 1 aromatic rings. The van der Waals surface area contributed by atoms with Gasteiger partial charge in [0, 0.05) is 25.7 Å². The first kappa shape index (κ1) is 30.1. The van der Waals surface area contributed by atoms with Crippen LogP contribution in [0.2, 0.25) is 0 Å². The van der Waals surface area contributed by atoms with Gasteiger partial charge in [0.2, 0.25) is 0 Å². The van der Waals surface area contributed by atoms with E-state index in [0.717, 1.165) is 32.8 Å². The number of alkyl halides is 6. The lowest BCUT2D eigenvalue weighted by atomic mass is 10.00. The van der Waals surface area contributed by atoms with Gasteiger partial charge < -0.3 is 14.9 Å². The van der Waals surface area contributed by atoms with E-state index in [1.165, 1.54) is 18.4 Å². The van der Waals surface area contributed by atoms with E-state index in [9.17, 15) is 26.3 Å². The molecule has 2 fully saturated rings. The number of likely N-dealkylation sites (tertiary alicyclic amines) is 1. The van der Waals surface area contributed by atoms with Crippen LogP contribution in [0.3, 0.4) is 0 Å². The van der Waals surface area contributed by atoms with Gasteiger partial charge in [0.25, 0.3) is 0 Å². The summed E-state index contributed by atoms with van der Waals surface area (Å²) in [5.74, 6) is -5.51. The number of carbonyl (C=O) groups is 2. The molecule has 3 heterocycles. The van der Waals surface area contributed by atoms with Crippen LogP contribution in [0.15, 0.2) is 16.8 Å². The minimum atomic E-state index is -5.08. The average Bonchev–Trinajstić information content (AvgIpc) is 3.38. The first-order valence-corrected chi connectivity index (χ1v) is 11.4. The summed E-state index contributed by atoms with van der Waals surface area (Å²) in [6.07, 6.45) is -7.24. The number of aliphatic carboxylic acids is 2. The topological polar surface area (TPSA) is 90.3 Å². The minimum Gasteiger partial charge on any atom is -0.475 e. The highest BCUT2D eigenvalue weighted by Gasteiger charge is 2.45. The molecule has 0 radical (unpaired) electrons. The van der Waals surface area contributed by atoms with Gasteiger partial charge in [0.15, 0.2) is 0 Å². The van der Waals surface area contributed by atoms with Crippen LogP contribution in [0.1, 0.15) is 32.3 Å². The Bertz CT molecular complexity index is 732. The van der Waals surface area contributed by atoms with Crippen LogP contribution in [-0.4, -0.2) is 88.7 Å². The third-order valence-electron chi connectivity index (χ3n) is 5.34. The molecule has 3 rings (SSSR count). The van der Waals surface area contributed by atoms with Crippen molar-refractivity contribution in [2.45, 2.75) is 63.8 Å². The van der Waals surface area contributed by atoms with E-state index in [1.807, 2.05) is 0 Å². The number of carboxylic acids is 2. The number of fused-ring (bicyclic) bond motifs is 1. The second-order valence-electron chi connectivity index (χ2n) is 7.50. The Hall–Kier alpha value is -1.90. The fourth-order valence-corrected chi connectivity index (χ4v) is 4.50. The molecule has 0 bridgehead atoms. The normalized spacial score (nSPS) is 22.8. The summed E-state index contributed by atoms with van der Waals surface area (Å²) in [6, 6.07) is 3.46. The maximum atomic E-state index is 10.6. The van der Waals surface area contributed by atoms with Crippen molar-refractivity contribution in [1.82, 2.24) is 9.80 Å². The Kier molecular flexibility index (Phi) is 11.7. The maximum Gasteiger partial charge on any atom is 0.490 e. The standard InChI is InChI=1S/C16H26N2OS.2C2HF3O2/c1-3-17(4-2)15-11-18(10-13-7-9-20-12-13)14-6-5-8-19-16(14)15;2*3-2(4,5)1(6)7/h7,9,12,14-16H,3-6,8,10-11H2,1-2H3;2*(H,6,7)/t14-,15-,16+;;/m1../s1. The van der Waals surface area contributed by atoms with Crippen molar-refractivity contribution in [3.05, 3.63) is 22.4 Å². The van der Waals surface area contributed by atoms with Gasteiger partial charge in [-0.15, -0.1) is 0 Å². The molecule has 0 aliphatic carbocycles. The monoisotopic (exact) mass is 522 g/mol. The van der Waals surface area contributed by atoms with Crippen molar-refractivity contribution in [2.75, 3.05) is 26.2 Å². The van der Waals surface area contributed by atoms with Crippen LogP contribution < -0.4 is 0 Å². The molecule has 2 saturated heterocycles. The molecule has 14 heteroatoms. The molecule has 34 heavy (non-hydrogen) atoms. The van der Waals surface area contributed by atoms with Gasteiger partial charge in [-0.2, -0.15) is 37.7 Å². The van der Waals surface area contributed by atoms with Crippen molar-refractivity contribution in [3.63, 3.8) is 0 Å². The zero-order chi connectivity index (χ0) is 26.1. The van der Waals surface area contributed by atoms with Crippen molar-refractivity contribution in [3.8, 4) is 0 Å². The molecular formula is C20H28F6N2O5S. The quantitative estimate of drug-likeness (QED) is 0.563. The molecule has 1 aromatic heterocycles. The minimum absolute atomic E-state index is 0.419. The van der Waals surface area contributed by atoms with E-state index in [2.05, 4.69) is 40.5 Å². The summed E-state index contributed by atoms with van der Waals surface area (Å²) in [5, 5.41) is 18.7. The second kappa shape index (κ2) is 13.3. The fourth-order valence-electron chi connectivity index (χ4n) is 3.84. The molecule has 0 unspecified atom stereocenters. The lowest BCUT2D eigenvalue weighted by Crippen LogP contribution is -2.47. The lowest BCUT2D eigenvalue weighted by molar-refractivity contribution is -0.193. The number of carboxylic acid groups (broad SMARTS) is 2. The van der Waals surface area contributed by atoms with Crippen LogP contribution in [0.5, 0.6) is 0 Å². The molecule has 7 nitrogen and oxygen atoms in total. The summed E-state index contributed by atoms with van der Waals surface area (Å²) in [4.78, 5) is 23.0. The summed E-state index contributed by atoms with van der Waals surface area (Å²) in [5.41, 5.74) is 1.46. The molecule has 196 valence electrons. The van der Waals surface area contributed by atoms with E-state index in [0.29, 0.717) is 18.2 Å². The Labute approximate surface area is 196 Å². The lowest BCUT2D eigenvalue weighted by Gasteiger charge is -2.35. The SMILES string of the molecule is CCN(CC)[C@@H]1CN(Cc2ccsc2)[C@@H]2CCCO[C@H]12.O=C(O)C(F)(F)F.O=C(O)C(F)(F)F. The Morgan fingerprint density at radius 3 is 2.06 bits per heavy atom. The van der Waals surface area contributed by atoms with Gasteiger partial charge >= 0.3 is 24.3 Å². The van der Waals surface area contributed by atoms with E-state index in [1.54, 1.807) is 11.3 Å². The first-order valence-electron chi connectivity index (χ1n) is 10.4. The van der Waals surface area contributed by atoms with Gasteiger partial charge in [0.1, 0.15) is 0 Å². The van der Waals surface area contributed by atoms with Gasteiger partial charge in [-0.25, -0.2) is 9.59 Å². The molecule has 0 spiro atoms. The van der Waals surface area contributed by atoms with Crippen LogP contribution in [0, 0.1) is 0 Å². The smallest absolute Gasteiger partial charge is 0.475 e. The number of thiophene rings is 1. The Balaban J connectivity index is 0.000000343. The number of hydrogen-bond donors (Lipinski definition) is 2. The van der Waals surface area contributed by atoms with Crippen LogP contribution in [0.25, 0.3) is 0 Å². The highest BCUT2D eigenvalue weighted by molar-refractivity contribution is 7.07. The highest BCUT2D eigenvalue weighted by atomic mass is 32.1. The number of hydrogen-bond acceptors (Lipinski definition) is 6. The molecular weight excluding hydrogens is 494 g/mol. The zero-order valence-electron chi connectivity index (χ0n) is 18.6. The van der Waals surface area contributed by atoms with Crippen LogP contribution in [-0.2, 0) is 20.9 Å². The van der Waals surface area contributed by atoms with Crippen LogP contribution >= 0.6 is 11.3 Å². The molecule has 0 amide bonds. The number of ether oxygens (including phenoxy) is 1. The summed E-state index contributed by atoms with van der Waals surface area (Å²) >= 11 is 1.80. The highest BCUT2D eigenvalue weighted by Crippen LogP contribution is 2.33. The van der Waals surface area contributed by atoms with E-state index < -0.39 is 24.3 Å². The summed E-state index contributed by atoms with van der Waals surface area (Å²) in [6.45, 7) is 9.98.